The molecule has 0 fully saturated rings. The first-order valence-electron chi connectivity index (χ1n) is 4.36. The van der Waals surface area contributed by atoms with E-state index in [0.29, 0.717) is 11.1 Å². The van der Waals surface area contributed by atoms with Crippen molar-refractivity contribution in [2.24, 2.45) is 0 Å². The third-order valence-corrected chi connectivity index (χ3v) is 4.05. The Hall–Kier alpha value is -1.20. The number of hydrogen-bond acceptors (Lipinski definition) is 2. The number of halogens is 3. The van der Waals surface area contributed by atoms with Crippen molar-refractivity contribution in [2.45, 2.75) is 12.0 Å². The number of fused-ring (bicyclic) bond motifs is 1. The summed E-state index contributed by atoms with van der Waals surface area (Å²) in [5.41, 5.74) is 6.72. The van der Waals surface area contributed by atoms with Gasteiger partial charge in [-0.2, -0.15) is 0 Å². The minimum atomic E-state index is -4.16. The number of anilines is 1. The fourth-order valence-corrected chi connectivity index (χ4v) is 2.93. The predicted octanol–water partition coefficient (Wildman–Crippen LogP) is 1.07. The normalized spacial score (nSPS) is 12.2. The number of alkyl halides is 3. The Labute approximate surface area is 95.6 Å². The van der Waals surface area contributed by atoms with E-state index in [4.69, 9.17) is 5.73 Å². The van der Waals surface area contributed by atoms with E-state index in [9.17, 15) is 13.2 Å². The second kappa shape index (κ2) is 3.68. The van der Waals surface area contributed by atoms with Crippen LogP contribution in [-0.2, 0) is 0 Å². The van der Waals surface area contributed by atoms with Crippen molar-refractivity contribution in [3.05, 3.63) is 24.0 Å². The van der Waals surface area contributed by atoms with Gasteiger partial charge in [-0.25, -0.2) is 0 Å². The zero-order valence-electron chi connectivity index (χ0n) is 8.25. The Bertz CT molecular complexity index is 533. The molecule has 0 aliphatic carbocycles. The van der Waals surface area contributed by atoms with Gasteiger partial charge in [0.05, 0.1) is 0 Å². The van der Waals surface area contributed by atoms with Crippen LogP contribution in [0.4, 0.5) is 19.0 Å². The van der Waals surface area contributed by atoms with Gasteiger partial charge in [0.15, 0.2) is 0 Å². The molecule has 0 saturated heterocycles. The molecule has 2 aromatic heterocycles. The van der Waals surface area contributed by atoms with Crippen molar-refractivity contribution >= 4 is 30.9 Å². The number of nitrogens with two attached hydrogens (primary N) is 1. The van der Waals surface area contributed by atoms with Crippen molar-refractivity contribution in [2.75, 3.05) is 5.73 Å². The first kappa shape index (κ1) is 11.3. The molecule has 0 aliphatic rings. The Morgan fingerprint density at radius 3 is 2.75 bits per heavy atom. The van der Waals surface area contributed by atoms with Crippen LogP contribution in [0.5, 0.6) is 0 Å². The number of hydrogen-bond donors (Lipinski definition) is 1. The summed E-state index contributed by atoms with van der Waals surface area (Å²) in [6, 6.07) is 1.63. The summed E-state index contributed by atoms with van der Waals surface area (Å²) in [5.74, 6) is 0.245. The van der Waals surface area contributed by atoms with Crippen molar-refractivity contribution in [1.29, 1.82) is 0 Å². The molecule has 0 spiro atoms. The fraction of sp³-hybridized carbons (Fsp3) is 0.222. The molecule has 0 radical (unpaired) electrons. The molecule has 7 heteroatoms. The first-order valence-corrected chi connectivity index (χ1v) is 6.07. The summed E-state index contributed by atoms with van der Waals surface area (Å²) < 4.78 is 38.9. The molecular weight excluding hydrogens is 286 g/mol. The van der Waals surface area contributed by atoms with E-state index >= 15 is 0 Å². The molecule has 2 heterocycles. The predicted molar refractivity (Wildman–Crippen MR) is 55.8 cm³/mol. The van der Waals surface area contributed by atoms with Crippen LogP contribution in [0.2, 0.25) is 0 Å². The van der Waals surface area contributed by atoms with Gasteiger partial charge in [0.25, 0.3) is 0 Å². The van der Waals surface area contributed by atoms with Gasteiger partial charge >= 0.3 is 95.2 Å². The van der Waals surface area contributed by atoms with Crippen LogP contribution in [0.15, 0.2) is 18.5 Å². The van der Waals surface area contributed by atoms with E-state index in [1.807, 2.05) is 0 Å². The topological polar surface area (TPSA) is 43.3 Å². The van der Waals surface area contributed by atoms with Crippen LogP contribution in [0.3, 0.4) is 0 Å². The zero-order chi connectivity index (χ0) is 11.9. The maximum atomic E-state index is 12.4. The van der Waals surface area contributed by atoms with Gasteiger partial charge in [-0.1, -0.05) is 0 Å². The molecule has 3 nitrogen and oxygen atoms in total. The van der Waals surface area contributed by atoms with E-state index in [-0.39, 0.29) is 10.4 Å². The summed E-state index contributed by atoms with van der Waals surface area (Å²) >= 11 is -1.57. The number of aromatic nitrogens is 2. The summed E-state index contributed by atoms with van der Waals surface area (Å²) in [7, 11) is 0. The molecule has 0 aliphatic heterocycles. The van der Waals surface area contributed by atoms with Gasteiger partial charge in [-0.3, -0.25) is 0 Å². The monoisotopic (exact) mass is 295 g/mol. The number of rotatable bonds is 1. The molecule has 0 bridgehead atoms. The van der Waals surface area contributed by atoms with E-state index < -0.39 is 20.0 Å². The average Bonchev–Trinajstić information content (AvgIpc) is 2.44. The van der Waals surface area contributed by atoms with E-state index in [2.05, 4.69) is 4.98 Å². The standard InChI is InChI=1S/C9H8F3N3Se/c1-5-4-6-7(13)14-2-3-15(6)8(5)16-9(10,11)12/h2-4H,1H3,(H2,13,14). The van der Waals surface area contributed by atoms with Crippen molar-refractivity contribution in [3.8, 4) is 0 Å². The van der Waals surface area contributed by atoms with Crippen LogP contribution >= 0.6 is 0 Å². The molecular formula is C9H8F3N3Se. The molecule has 2 aromatic rings. The van der Waals surface area contributed by atoms with E-state index in [1.54, 1.807) is 13.0 Å². The van der Waals surface area contributed by atoms with Crippen molar-refractivity contribution in [3.63, 3.8) is 0 Å². The molecule has 2 rings (SSSR count). The van der Waals surface area contributed by atoms with Gasteiger partial charge in [0.2, 0.25) is 0 Å². The third kappa shape index (κ3) is 2.01. The van der Waals surface area contributed by atoms with Crippen LogP contribution in [-0.4, -0.2) is 29.4 Å². The Morgan fingerprint density at radius 1 is 1.44 bits per heavy atom. The van der Waals surface area contributed by atoms with Crippen LogP contribution in [0, 0.1) is 6.92 Å². The Kier molecular flexibility index (Phi) is 2.59. The maximum absolute atomic E-state index is 12.4. The summed E-state index contributed by atoms with van der Waals surface area (Å²) in [6.07, 6.45) is 2.90. The van der Waals surface area contributed by atoms with Crippen molar-refractivity contribution in [1.82, 2.24) is 9.38 Å². The number of nitrogens with zero attached hydrogens (tertiary/aromatic N) is 2. The molecule has 0 unspecified atom stereocenters. The first-order chi connectivity index (χ1) is 7.38. The number of nitrogen functional groups attached to an aromatic ring is 1. The minimum absolute atomic E-state index is 0.245. The van der Waals surface area contributed by atoms with Crippen LogP contribution in [0.1, 0.15) is 5.56 Å². The number of aryl methyl sites for hydroxylation is 1. The van der Waals surface area contributed by atoms with Crippen LogP contribution in [0.25, 0.3) is 5.52 Å². The summed E-state index contributed by atoms with van der Waals surface area (Å²) in [4.78, 5) is 3.84. The second-order valence-corrected chi connectivity index (χ2v) is 5.46. The van der Waals surface area contributed by atoms with Gasteiger partial charge in [0, 0.05) is 0 Å². The Balaban J connectivity index is 2.61. The second-order valence-electron chi connectivity index (χ2n) is 3.25. The molecule has 0 atom stereocenters. The van der Waals surface area contributed by atoms with E-state index in [0.717, 1.165) is 0 Å². The Morgan fingerprint density at radius 2 is 2.12 bits per heavy atom. The average molecular weight is 294 g/mol. The third-order valence-electron chi connectivity index (χ3n) is 2.07. The molecule has 0 aromatic carbocycles. The molecule has 16 heavy (non-hydrogen) atoms. The van der Waals surface area contributed by atoms with Gasteiger partial charge in [0.1, 0.15) is 0 Å². The van der Waals surface area contributed by atoms with Gasteiger partial charge < -0.3 is 0 Å². The van der Waals surface area contributed by atoms with Gasteiger partial charge in [-0.05, 0) is 0 Å². The van der Waals surface area contributed by atoms with E-state index in [1.165, 1.54) is 16.8 Å². The summed E-state index contributed by atoms with van der Waals surface area (Å²) in [6.45, 7) is 1.65. The SMILES string of the molecule is Cc1cc2c(N)nccn2c1[Se]C(F)(F)F. The molecule has 86 valence electrons. The molecule has 0 amide bonds. The fourth-order valence-electron chi connectivity index (χ4n) is 1.47. The van der Waals surface area contributed by atoms with Gasteiger partial charge in [-0.15, -0.1) is 0 Å². The quantitative estimate of drug-likeness (QED) is 0.800. The van der Waals surface area contributed by atoms with Crippen molar-refractivity contribution < 1.29 is 13.2 Å². The zero-order valence-corrected chi connectivity index (χ0v) is 9.96. The van der Waals surface area contributed by atoms with Crippen LogP contribution < -0.4 is 10.3 Å². The summed E-state index contributed by atoms with van der Waals surface area (Å²) in [5, 5.41) is -4.16. The molecule has 2 N–H and O–H groups in total. The molecule has 0 saturated carbocycles.